The number of rotatable bonds is 5. The monoisotopic (exact) mass is 413 g/mol. The number of benzene rings is 2. The molecule has 152 valence electrons. The molecule has 8 heteroatoms. The van der Waals surface area contributed by atoms with E-state index >= 15 is 0 Å². The molecule has 3 rings (SSSR count). The second-order valence-corrected chi connectivity index (χ2v) is 8.62. The number of carbonyl (C=O) groups is 2. The maximum absolute atomic E-state index is 12.8. The van der Waals surface area contributed by atoms with Crippen molar-refractivity contribution in [1.82, 2.24) is 15.2 Å². The molecule has 1 aliphatic heterocycles. The van der Waals surface area contributed by atoms with E-state index in [2.05, 4.69) is 10.9 Å². The zero-order chi connectivity index (χ0) is 20.7. The van der Waals surface area contributed by atoms with Crippen molar-refractivity contribution in [3.8, 4) is 0 Å². The van der Waals surface area contributed by atoms with Crippen molar-refractivity contribution in [2.45, 2.75) is 24.2 Å². The van der Waals surface area contributed by atoms with Gasteiger partial charge in [0.2, 0.25) is 10.0 Å². The van der Waals surface area contributed by atoms with E-state index in [0.29, 0.717) is 13.1 Å². The molecule has 1 aliphatic rings. The van der Waals surface area contributed by atoms with Crippen molar-refractivity contribution in [3.63, 3.8) is 0 Å². The van der Waals surface area contributed by atoms with Crippen molar-refractivity contribution >= 4 is 27.9 Å². The van der Waals surface area contributed by atoms with Gasteiger partial charge in [-0.15, -0.1) is 0 Å². The summed E-state index contributed by atoms with van der Waals surface area (Å²) in [6, 6.07) is 15.1. The van der Waals surface area contributed by atoms with E-state index in [-0.39, 0.29) is 10.5 Å². The van der Waals surface area contributed by atoms with Crippen molar-refractivity contribution in [1.29, 1.82) is 0 Å². The first-order valence-corrected chi connectivity index (χ1v) is 10.8. The highest BCUT2D eigenvalue weighted by Crippen LogP contribution is 2.21. The molecule has 0 atom stereocenters. The number of nitrogens with zero attached hydrogens (tertiary/aromatic N) is 1. The van der Waals surface area contributed by atoms with Gasteiger partial charge in [-0.05, 0) is 42.7 Å². The third-order valence-corrected chi connectivity index (χ3v) is 6.47. The lowest BCUT2D eigenvalue weighted by Gasteiger charge is -2.26. The maximum atomic E-state index is 12.8. The molecule has 2 N–H and O–H groups in total. The van der Waals surface area contributed by atoms with E-state index in [0.717, 1.165) is 24.8 Å². The van der Waals surface area contributed by atoms with Crippen LogP contribution in [-0.2, 0) is 14.8 Å². The summed E-state index contributed by atoms with van der Waals surface area (Å²) in [5, 5.41) is 0. The molecule has 0 bridgehead atoms. The van der Waals surface area contributed by atoms with Gasteiger partial charge in [0.25, 0.3) is 11.8 Å². The van der Waals surface area contributed by atoms with Crippen LogP contribution in [0.2, 0.25) is 0 Å². The third-order valence-electron chi connectivity index (χ3n) is 4.57. The van der Waals surface area contributed by atoms with E-state index < -0.39 is 21.8 Å². The van der Waals surface area contributed by atoms with Gasteiger partial charge in [-0.25, -0.2) is 8.42 Å². The van der Waals surface area contributed by atoms with Gasteiger partial charge in [0.15, 0.2) is 0 Å². The predicted octanol–water partition coefficient (Wildman–Crippen LogP) is 2.34. The van der Waals surface area contributed by atoms with Crippen LogP contribution < -0.4 is 10.9 Å². The topological polar surface area (TPSA) is 95.6 Å². The van der Waals surface area contributed by atoms with E-state index in [9.17, 15) is 18.0 Å². The number of hydrazine groups is 1. The van der Waals surface area contributed by atoms with E-state index in [4.69, 9.17) is 0 Å². The summed E-state index contributed by atoms with van der Waals surface area (Å²) in [5.74, 6) is -1.10. The Morgan fingerprint density at radius 3 is 2.34 bits per heavy atom. The summed E-state index contributed by atoms with van der Waals surface area (Å²) in [5.41, 5.74) is 5.58. The lowest BCUT2D eigenvalue weighted by atomic mass is 10.2. The first kappa shape index (κ1) is 20.8. The number of hydrogen-bond donors (Lipinski definition) is 2. The van der Waals surface area contributed by atoms with Crippen LogP contribution in [0.15, 0.2) is 65.6 Å². The smallest absolute Gasteiger partial charge is 0.268 e. The molecule has 0 unspecified atom stereocenters. The maximum Gasteiger partial charge on any atom is 0.269 e. The van der Waals surface area contributed by atoms with Crippen molar-refractivity contribution < 1.29 is 18.0 Å². The zero-order valence-electron chi connectivity index (χ0n) is 15.9. The first-order valence-electron chi connectivity index (χ1n) is 9.40. The van der Waals surface area contributed by atoms with Crippen LogP contribution in [-0.4, -0.2) is 37.6 Å². The Balaban J connectivity index is 1.62. The highest BCUT2D eigenvalue weighted by molar-refractivity contribution is 7.89. The molecule has 0 radical (unpaired) electrons. The predicted molar refractivity (Wildman–Crippen MR) is 110 cm³/mol. The standard InChI is InChI=1S/C21H23N3O4S/c25-20(13-12-17-8-3-1-4-9-17)22-23-21(26)18-10-7-11-19(16-18)29(27,28)24-14-5-2-6-15-24/h1,3-4,7-13,16H,2,5-6,14-15H2,(H,22,25)(H,23,26)/b13-12+. The highest BCUT2D eigenvalue weighted by atomic mass is 32.2. The molecule has 1 saturated heterocycles. The van der Waals surface area contributed by atoms with Gasteiger partial charge in [-0.3, -0.25) is 20.4 Å². The van der Waals surface area contributed by atoms with Gasteiger partial charge in [0.1, 0.15) is 0 Å². The fraction of sp³-hybridized carbons (Fsp3) is 0.238. The molecule has 7 nitrogen and oxygen atoms in total. The highest BCUT2D eigenvalue weighted by Gasteiger charge is 2.26. The lowest BCUT2D eigenvalue weighted by Crippen LogP contribution is -2.41. The van der Waals surface area contributed by atoms with Crippen molar-refractivity contribution in [3.05, 3.63) is 71.8 Å². The molecular weight excluding hydrogens is 390 g/mol. The largest absolute Gasteiger partial charge is 0.269 e. The van der Waals surface area contributed by atoms with Gasteiger partial charge in [0.05, 0.1) is 4.90 Å². The Kier molecular flexibility index (Phi) is 6.79. The molecule has 29 heavy (non-hydrogen) atoms. The summed E-state index contributed by atoms with van der Waals surface area (Å²) >= 11 is 0. The zero-order valence-corrected chi connectivity index (χ0v) is 16.7. The Bertz CT molecular complexity index is 998. The van der Waals surface area contributed by atoms with Gasteiger partial charge in [-0.1, -0.05) is 42.8 Å². The van der Waals surface area contributed by atoms with Crippen LogP contribution in [0.4, 0.5) is 0 Å². The van der Waals surface area contributed by atoms with Crippen molar-refractivity contribution in [2.75, 3.05) is 13.1 Å². The van der Waals surface area contributed by atoms with Gasteiger partial charge in [-0.2, -0.15) is 4.31 Å². The minimum absolute atomic E-state index is 0.0716. The molecule has 1 fully saturated rings. The number of carbonyl (C=O) groups excluding carboxylic acids is 2. The second-order valence-electron chi connectivity index (χ2n) is 6.68. The Morgan fingerprint density at radius 2 is 1.62 bits per heavy atom. The van der Waals surface area contributed by atoms with Crippen LogP contribution in [0.1, 0.15) is 35.2 Å². The minimum Gasteiger partial charge on any atom is -0.268 e. The fourth-order valence-electron chi connectivity index (χ4n) is 3.02. The average molecular weight is 413 g/mol. The third kappa shape index (κ3) is 5.52. The van der Waals surface area contributed by atoms with Crippen LogP contribution in [0.5, 0.6) is 0 Å². The molecule has 2 aromatic rings. The van der Waals surface area contributed by atoms with Crippen LogP contribution >= 0.6 is 0 Å². The SMILES string of the molecule is O=C(/C=C/c1ccccc1)NNC(=O)c1cccc(S(=O)(=O)N2CCCCC2)c1. The van der Waals surface area contributed by atoms with Gasteiger partial charge < -0.3 is 0 Å². The molecule has 0 aliphatic carbocycles. The van der Waals surface area contributed by atoms with E-state index in [1.807, 2.05) is 30.3 Å². The number of hydrogen-bond acceptors (Lipinski definition) is 4. The molecule has 0 saturated carbocycles. The molecule has 2 amide bonds. The summed E-state index contributed by atoms with van der Waals surface area (Å²) < 4.78 is 27.0. The first-order chi connectivity index (χ1) is 14.0. The number of nitrogens with one attached hydrogen (secondary N) is 2. The van der Waals surface area contributed by atoms with Crippen LogP contribution in [0.25, 0.3) is 6.08 Å². The van der Waals surface area contributed by atoms with Crippen LogP contribution in [0, 0.1) is 0 Å². The molecule has 0 aromatic heterocycles. The summed E-state index contributed by atoms with van der Waals surface area (Å²) in [4.78, 5) is 24.3. The Labute approximate surface area is 170 Å². The van der Waals surface area contributed by atoms with Crippen LogP contribution in [0.3, 0.4) is 0 Å². The molecule has 0 spiro atoms. The van der Waals surface area contributed by atoms with Gasteiger partial charge >= 0.3 is 0 Å². The second kappa shape index (κ2) is 9.49. The number of piperidine rings is 1. The number of amides is 2. The molecule has 1 heterocycles. The molecular formula is C21H23N3O4S. The quantitative estimate of drug-likeness (QED) is 0.581. The lowest BCUT2D eigenvalue weighted by molar-refractivity contribution is -0.117. The summed E-state index contributed by atoms with van der Waals surface area (Å²) in [6.45, 7) is 0.977. The average Bonchev–Trinajstić information content (AvgIpc) is 2.77. The normalized spacial score (nSPS) is 15.2. The minimum atomic E-state index is -3.63. The number of sulfonamides is 1. The van der Waals surface area contributed by atoms with E-state index in [1.165, 1.54) is 34.6 Å². The Morgan fingerprint density at radius 1 is 0.897 bits per heavy atom. The molecule has 2 aromatic carbocycles. The van der Waals surface area contributed by atoms with E-state index in [1.54, 1.807) is 6.08 Å². The Hall–Kier alpha value is -2.97. The summed E-state index contributed by atoms with van der Waals surface area (Å²) in [7, 11) is -3.63. The fourth-order valence-corrected chi connectivity index (χ4v) is 4.58. The van der Waals surface area contributed by atoms with Crippen molar-refractivity contribution in [2.24, 2.45) is 0 Å². The summed E-state index contributed by atoms with van der Waals surface area (Å²) in [6.07, 6.45) is 5.61. The van der Waals surface area contributed by atoms with Gasteiger partial charge in [0, 0.05) is 24.7 Å².